The van der Waals surface area contributed by atoms with E-state index in [1.165, 1.54) is 13.0 Å². The average Bonchev–Trinajstić information content (AvgIpc) is 2.03. The Labute approximate surface area is 92.7 Å². The van der Waals surface area contributed by atoms with Gasteiger partial charge < -0.3 is 0 Å². The molecular formula is C8H15BrFNO2S. The van der Waals surface area contributed by atoms with Crippen molar-refractivity contribution in [1.29, 1.82) is 0 Å². The Bertz CT molecular complexity index is 279. The van der Waals surface area contributed by atoms with Crippen molar-refractivity contribution in [2.24, 2.45) is 11.1 Å². The van der Waals surface area contributed by atoms with E-state index in [0.717, 1.165) is 0 Å². The van der Waals surface area contributed by atoms with Gasteiger partial charge in [0.15, 0.2) is 5.08 Å². The van der Waals surface area contributed by atoms with Gasteiger partial charge in [0.25, 0.3) is 0 Å². The van der Waals surface area contributed by atoms with Crippen molar-refractivity contribution in [3.63, 3.8) is 0 Å². The average molecular weight is 288 g/mol. The Balaban J connectivity index is 4.35. The molecule has 0 aromatic carbocycles. The number of rotatable bonds is 6. The van der Waals surface area contributed by atoms with Crippen LogP contribution in [0.5, 0.6) is 0 Å². The van der Waals surface area contributed by atoms with Crippen LogP contribution in [0.3, 0.4) is 0 Å². The highest BCUT2D eigenvalue weighted by Crippen LogP contribution is 2.21. The van der Waals surface area contributed by atoms with E-state index in [4.69, 9.17) is 5.14 Å². The molecule has 1 unspecified atom stereocenters. The van der Waals surface area contributed by atoms with Gasteiger partial charge in [-0.3, -0.25) is 0 Å². The van der Waals surface area contributed by atoms with Gasteiger partial charge in [-0.05, 0) is 25.7 Å². The minimum absolute atomic E-state index is 0.247. The Morgan fingerprint density at radius 3 is 2.36 bits per heavy atom. The molecule has 0 aromatic heterocycles. The third kappa shape index (κ3) is 5.07. The molecule has 0 heterocycles. The molecular weight excluding hydrogens is 273 g/mol. The van der Waals surface area contributed by atoms with E-state index >= 15 is 0 Å². The molecule has 0 aliphatic heterocycles. The molecule has 0 aliphatic carbocycles. The van der Waals surface area contributed by atoms with Crippen LogP contribution < -0.4 is 5.14 Å². The van der Waals surface area contributed by atoms with Crippen LogP contribution in [-0.2, 0) is 10.0 Å². The monoisotopic (exact) mass is 287 g/mol. The quantitative estimate of drug-likeness (QED) is 0.599. The summed E-state index contributed by atoms with van der Waals surface area (Å²) in [5.41, 5.74) is 0. The maximum absolute atomic E-state index is 12.5. The summed E-state index contributed by atoms with van der Waals surface area (Å²) in [7, 11) is -3.57. The highest BCUT2D eigenvalue weighted by molar-refractivity contribution is 9.09. The molecule has 0 rings (SSSR count). The van der Waals surface area contributed by atoms with Crippen molar-refractivity contribution in [2.45, 2.75) is 30.1 Å². The summed E-state index contributed by atoms with van der Waals surface area (Å²) < 4.78 is 34.5. The van der Waals surface area contributed by atoms with Crippen LogP contribution in [0, 0.1) is 5.92 Å². The van der Waals surface area contributed by atoms with Gasteiger partial charge in [-0.25, -0.2) is 17.9 Å². The number of nitrogens with two attached hydrogens (primary N) is 1. The highest BCUT2D eigenvalue weighted by atomic mass is 79.9. The van der Waals surface area contributed by atoms with Gasteiger partial charge in [0.2, 0.25) is 10.0 Å². The largest absolute Gasteiger partial charge is 0.235 e. The Morgan fingerprint density at radius 1 is 1.57 bits per heavy atom. The predicted molar refractivity (Wildman–Crippen MR) is 59.3 cm³/mol. The van der Waals surface area contributed by atoms with Crippen molar-refractivity contribution in [1.82, 2.24) is 0 Å². The molecule has 6 heteroatoms. The van der Waals surface area contributed by atoms with Crippen molar-refractivity contribution < 1.29 is 12.8 Å². The first kappa shape index (κ1) is 14.1. The second kappa shape index (κ2) is 5.82. The molecule has 3 nitrogen and oxygen atoms in total. The summed E-state index contributed by atoms with van der Waals surface area (Å²) in [6.07, 6.45) is 2.16. The third-order valence-electron chi connectivity index (χ3n) is 2.14. The highest BCUT2D eigenvalue weighted by Gasteiger charge is 2.24. The summed E-state index contributed by atoms with van der Waals surface area (Å²) in [6, 6.07) is 0. The summed E-state index contributed by atoms with van der Waals surface area (Å²) in [4.78, 5) is 0. The van der Waals surface area contributed by atoms with E-state index in [-0.39, 0.29) is 12.3 Å². The van der Waals surface area contributed by atoms with Gasteiger partial charge in [0.05, 0.1) is 5.25 Å². The third-order valence-corrected chi connectivity index (χ3v) is 3.99. The van der Waals surface area contributed by atoms with Gasteiger partial charge in [0.1, 0.15) is 0 Å². The molecule has 0 aromatic rings. The van der Waals surface area contributed by atoms with Crippen LogP contribution >= 0.6 is 15.9 Å². The van der Waals surface area contributed by atoms with E-state index in [2.05, 4.69) is 22.5 Å². The van der Waals surface area contributed by atoms with Crippen molar-refractivity contribution in [3.05, 3.63) is 12.7 Å². The second-order valence-corrected chi connectivity index (χ2v) is 6.08. The number of hydrogen-bond donors (Lipinski definition) is 1. The lowest BCUT2D eigenvalue weighted by Gasteiger charge is -2.18. The summed E-state index contributed by atoms with van der Waals surface area (Å²) in [6.45, 7) is 5.02. The van der Waals surface area contributed by atoms with Gasteiger partial charge in [-0.15, -0.1) is 6.58 Å². The Hall–Kier alpha value is 0.0600. The van der Waals surface area contributed by atoms with E-state index < -0.39 is 20.4 Å². The molecule has 0 amide bonds. The lowest BCUT2D eigenvalue weighted by Crippen LogP contribution is -2.32. The van der Waals surface area contributed by atoms with Crippen LogP contribution in [0.15, 0.2) is 12.7 Å². The molecule has 14 heavy (non-hydrogen) atoms. The molecule has 0 bridgehead atoms. The molecule has 0 saturated heterocycles. The Kier molecular flexibility index (Phi) is 5.85. The minimum Gasteiger partial charge on any atom is -0.235 e. The number of hydrogen-bond acceptors (Lipinski definition) is 2. The fourth-order valence-electron chi connectivity index (χ4n) is 1.11. The summed E-state index contributed by atoms with van der Waals surface area (Å²) >= 11 is 2.75. The maximum atomic E-state index is 12.5. The van der Waals surface area contributed by atoms with E-state index in [1.807, 2.05) is 0 Å². The lowest BCUT2D eigenvalue weighted by atomic mass is 10.0. The predicted octanol–water partition coefficient (Wildman–Crippen LogP) is 1.94. The zero-order valence-electron chi connectivity index (χ0n) is 7.99. The summed E-state index contributed by atoms with van der Waals surface area (Å²) in [5, 5.41) is 3.15. The van der Waals surface area contributed by atoms with Crippen molar-refractivity contribution in [2.75, 3.05) is 0 Å². The van der Waals surface area contributed by atoms with Crippen LogP contribution in [0.2, 0.25) is 0 Å². The molecule has 0 fully saturated rings. The molecule has 2 N–H and O–H groups in total. The molecule has 0 aliphatic rings. The number of sulfonamides is 1. The second-order valence-electron chi connectivity index (χ2n) is 3.16. The normalized spacial score (nSPS) is 18.6. The molecule has 3 atom stereocenters. The van der Waals surface area contributed by atoms with Crippen molar-refractivity contribution >= 4 is 26.0 Å². The van der Waals surface area contributed by atoms with Gasteiger partial charge >= 0.3 is 0 Å². The molecule has 0 radical (unpaired) electrons. The first-order valence-electron chi connectivity index (χ1n) is 4.21. The number of allylic oxidation sites excluding steroid dienone is 1. The van der Waals surface area contributed by atoms with Crippen LogP contribution in [-0.4, -0.2) is 18.7 Å². The van der Waals surface area contributed by atoms with Crippen LogP contribution in [0.25, 0.3) is 0 Å². The number of primary sulfonamides is 1. The molecule has 0 spiro atoms. The minimum atomic E-state index is -3.57. The zero-order chi connectivity index (χ0) is 11.4. The molecule has 84 valence electrons. The first-order valence-corrected chi connectivity index (χ1v) is 6.74. The van der Waals surface area contributed by atoms with Crippen LogP contribution in [0.4, 0.5) is 4.39 Å². The zero-order valence-corrected chi connectivity index (χ0v) is 10.4. The fourth-order valence-corrected chi connectivity index (χ4v) is 2.11. The molecule has 0 saturated carbocycles. The Morgan fingerprint density at radius 2 is 2.07 bits per heavy atom. The van der Waals surface area contributed by atoms with Gasteiger partial charge in [-0.1, -0.05) is 22.0 Å². The van der Waals surface area contributed by atoms with Gasteiger partial charge in [0, 0.05) is 0 Å². The lowest BCUT2D eigenvalue weighted by molar-refractivity contribution is 0.400. The number of halogens is 2. The van der Waals surface area contributed by atoms with E-state index in [1.54, 1.807) is 0 Å². The van der Waals surface area contributed by atoms with E-state index in [9.17, 15) is 12.8 Å². The van der Waals surface area contributed by atoms with Gasteiger partial charge in [-0.2, -0.15) is 0 Å². The number of alkyl halides is 2. The smallest absolute Gasteiger partial charge is 0.212 e. The SMILES string of the molecule is C=C[C@@H](CCC(F)Br)[C@@H](C)S(N)(=O)=O. The topological polar surface area (TPSA) is 60.2 Å². The van der Waals surface area contributed by atoms with E-state index in [0.29, 0.717) is 6.42 Å². The van der Waals surface area contributed by atoms with Crippen LogP contribution in [0.1, 0.15) is 19.8 Å². The maximum Gasteiger partial charge on any atom is 0.212 e. The summed E-state index contributed by atoms with van der Waals surface area (Å²) in [5.74, 6) is -0.305. The van der Waals surface area contributed by atoms with Crippen molar-refractivity contribution in [3.8, 4) is 0 Å². The fraction of sp³-hybridized carbons (Fsp3) is 0.750. The standard InChI is InChI=1S/C8H15BrFNO2S/c1-3-7(4-5-8(9)10)6(2)14(11,12)13/h3,6-8H,1,4-5H2,2H3,(H2,11,12,13)/t6-,7+,8?/m1/s1. The first-order chi connectivity index (χ1) is 6.29.